The SMILES string of the molecule is CNC(=O)c1ccccc1.O=C(O)CC(O)(CC(=O)O)C(=O)O. The first-order chi connectivity index (χ1) is 10.6. The lowest BCUT2D eigenvalue weighted by Crippen LogP contribution is -2.42. The third kappa shape index (κ3) is 7.58. The molecule has 0 unspecified atom stereocenters. The van der Waals surface area contributed by atoms with Crippen molar-refractivity contribution in [3.63, 3.8) is 0 Å². The fourth-order valence-electron chi connectivity index (χ4n) is 1.45. The Balaban J connectivity index is 0.000000433. The van der Waals surface area contributed by atoms with Crippen LogP contribution in [0.15, 0.2) is 30.3 Å². The van der Waals surface area contributed by atoms with E-state index in [-0.39, 0.29) is 5.91 Å². The summed E-state index contributed by atoms with van der Waals surface area (Å²) in [5.74, 6) is -5.06. The Morgan fingerprint density at radius 3 is 1.70 bits per heavy atom. The molecule has 0 fully saturated rings. The largest absolute Gasteiger partial charge is 0.481 e. The molecule has 0 saturated carbocycles. The number of carboxylic acids is 3. The van der Waals surface area contributed by atoms with Crippen molar-refractivity contribution >= 4 is 23.8 Å². The molecule has 1 rings (SSSR count). The molecule has 1 amide bonds. The highest BCUT2D eigenvalue weighted by Crippen LogP contribution is 2.15. The van der Waals surface area contributed by atoms with Gasteiger partial charge in [-0.25, -0.2) is 4.79 Å². The van der Waals surface area contributed by atoms with E-state index in [1.807, 2.05) is 18.2 Å². The van der Waals surface area contributed by atoms with Gasteiger partial charge in [0.15, 0.2) is 5.60 Å². The van der Waals surface area contributed by atoms with Gasteiger partial charge in [-0.15, -0.1) is 0 Å². The summed E-state index contributed by atoms with van der Waals surface area (Å²) in [6, 6.07) is 9.11. The minimum Gasteiger partial charge on any atom is -0.481 e. The highest BCUT2D eigenvalue weighted by molar-refractivity contribution is 5.93. The predicted octanol–water partition coefficient (Wildman–Crippen LogP) is -0.202. The Bertz CT molecular complexity index is 553. The number of nitrogens with one attached hydrogen (secondary N) is 1. The van der Waals surface area contributed by atoms with Crippen LogP contribution in [0, 0.1) is 0 Å². The maximum atomic E-state index is 10.9. The van der Waals surface area contributed by atoms with Crippen molar-refractivity contribution in [1.82, 2.24) is 5.32 Å². The van der Waals surface area contributed by atoms with Crippen LogP contribution in [0.5, 0.6) is 0 Å². The highest BCUT2D eigenvalue weighted by Gasteiger charge is 2.40. The van der Waals surface area contributed by atoms with Gasteiger partial charge in [-0.2, -0.15) is 0 Å². The molecule has 0 aromatic heterocycles. The van der Waals surface area contributed by atoms with Crippen molar-refractivity contribution in [2.24, 2.45) is 0 Å². The second-order valence-electron chi connectivity index (χ2n) is 4.42. The smallest absolute Gasteiger partial charge is 0.336 e. The zero-order chi connectivity index (χ0) is 18.0. The van der Waals surface area contributed by atoms with Crippen molar-refractivity contribution in [2.45, 2.75) is 18.4 Å². The van der Waals surface area contributed by atoms with Gasteiger partial charge in [-0.3, -0.25) is 14.4 Å². The van der Waals surface area contributed by atoms with Crippen molar-refractivity contribution in [1.29, 1.82) is 0 Å². The second kappa shape index (κ2) is 9.15. The molecule has 0 radical (unpaired) electrons. The minimum absolute atomic E-state index is 0.0411. The summed E-state index contributed by atoms with van der Waals surface area (Å²) in [5, 5.41) is 36.4. The van der Waals surface area contributed by atoms with Crippen molar-refractivity contribution in [2.75, 3.05) is 7.05 Å². The van der Waals surface area contributed by atoms with E-state index in [0.717, 1.165) is 0 Å². The van der Waals surface area contributed by atoms with Gasteiger partial charge in [0.25, 0.3) is 5.91 Å². The topological polar surface area (TPSA) is 161 Å². The van der Waals surface area contributed by atoms with E-state index in [9.17, 15) is 19.2 Å². The molecule has 1 aromatic rings. The molecule has 0 aliphatic heterocycles. The first-order valence-electron chi connectivity index (χ1n) is 6.29. The molecule has 0 heterocycles. The fraction of sp³-hybridized carbons (Fsp3) is 0.286. The van der Waals surface area contributed by atoms with Gasteiger partial charge in [-0.05, 0) is 12.1 Å². The van der Waals surface area contributed by atoms with Crippen LogP contribution in [0.1, 0.15) is 23.2 Å². The summed E-state index contributed by atoms with van der Waals surface area (Å²) >= 11 is 0. The molecule has 5 N–H and O–H groups in total. The van der Waals surface area contributed by atoms with E-state index < -0.39 is 36.4 Å². The van der Waals surface area contributed by atoms with E-state index >= 15 is 0 Å². The Hall–Kier alpha value is -2.94. The van der Waals surface area contributed by atoms with Gasteiger partial charge in [-0.1, -0.05) is 18.2 Å². The molecule has 126 valence electrons. The number of benzene rings is 1. The number of aliphatic hydroxyl groups is 1. The monoisotopic (exact) mass is 327 g/mol. The summed E-state index contributed by atoms with van der Waals surface area (Å²) < 4.78 is 0. The first kappa shape index (κ1) is 20.1. The third-order valence-electron chi connectivity index (χ3n) is 2.55. The minimum atomic E-state index is -2.74. The van der Waals surface area contributed by atoms with Gasteiger partial charge in [0, 0.05) is 12.6 Å². The lowest BCUT2D eigenvalue weighted by atomic mass is 9.96. The van der Waals surface area contributed by atoms with Crippen LogP contribution in [-0.4, -0.2) is 56.9 Å². The quantitative estimate of drug-likeness (QED) is 0.480. The summed E-state index contributed by atoms with van der Waals surface area (Å²) in [7, 11) is 1.62. The number of aliphatic carboxylic acids is 3. The average Bonchev–Trinajstić information content (AvgIpc) is 2.46. The summed E-state index contributed by atoms with van der Waals surface area (Å²) in [5.41, 5.74) is -2.04. The number of carbonyl (C=O) groups excluding carboxylic acids is 1. The number of rotatable bonds is 6. The zero-order valence-corrected chi connectivity index (χ0v) is 12.2. The maximum Gasteiger partial charge on any atom is 0.336 e. The van der Waals surface area contributed by atoms with Crippen molar-refractivity contribution in [3.8, 4) is 0 Å². The molecule has 0 saturated heterocycles. The Kier molecular flexibility index (Phi) is 7.98. The number of carboxylic acid groups (broad SMARTS) is 3. The van der Waals surface area contributed by atoms with Crippen LogP contribution in [0.4, 0.5) is 0 Å². The summed E-state index contributed by atoms with van der Waals surface area (Å²) in [6.45, 7) is 0. The Morgan fingerprint density at radius 2 is 1.39 bits per heavy atom. The van der Waals surface area contributed by atoms with E-state index in [2.05, 4.69) is 5.32 Å². The number of amides is 1. The standard InChI is InChI=1S/C8H9NO.C6H8O7/c1-9-8(10)7-5-3-2-4-6-7;7-3(8)1-6(13,5(11)12)2-4(9)10/h2-6H,1H3,(H,9,10);13H,1-2H2,(H,7,8)(H,9,10)(H,11,12). The molecule has 0 atom stereocenters. The maximum absolute atomic E-state index is 10.9. The molecule has 23 heavy (non-hydrogen) atoms. The summed E-state index contributed by atoms with van der Waals surface area (Å²) in [4.78, 5) is 41.4. The molecule has 0 bridgehead atoms. The van der Waals surface area contributed by atoms with Crippen LogP contribution >= 0.6 is 0 Å². The van der Waals surface area contributed by atoms with Crippen LogP contribution in [-0.2, 0) is 14.4 Å². The molecule has 0 aliphatic carbocycles. The van der Waals surface area contributed by atoms with E-state index in [1.54, 1.807) is 19.2 Å². The first-order valence-corrected chi connectivity index (χ1v) is 6.29. The molecule has 9 heteroatoms. The van der Waals surface area contributed by atoms with Gasteiger partial charge < -0.3 is 25.7 Å². The Morgan fingerprint density at radius 1 is 0.957 bits per heavy atom. The lowest BCUT2D eigenvalue weighted by Gasteiger charge is -2.18. The van der Waals surface area contributed by atoms with Crippen LogP contribution < -0.4 is 5.32 Å². The van der Waals surface area contributed by atoms with E-state index in [0.29, 0.717) is 5.56 Å². The van der Waals surface area contributed by atoms with Gasteiger partial charge >= 0.3 is 17.9 Å². The summed E-state index contributed by atoms with van der Waals surface area (Å²) in [6.07, 6.45) is -2.29. The highest BCUT2D eigenvalue weighted by atomic mass is 16.4. The Labute approximate surface area is 131 Å². The van der Waals surface area contributed by atoms with Crippen LogP contribution in [0.3, 0.4) is 0 Å². The predicted molar refractivity (Wildman–Crippen MR) is 76.9 cm³/mol. The molecular weight excluding hydrogens is 310 g/mol. The number of hydrogen-bond donors (Lipinski definition) is 5. The second-order valence-corrected chi connectivity index (χ2v) is 4.42. The van der Waals surface area contributed by atoms with Crippen molar-refractivity contribution in [3.05, 3.63) is 35.9 Å². The van der Waals surface area contributed by atoms with E-state index in [4.69, 9.17) is 20.4 Å². The average molecular weight is 327 g/mol. The lowest BCUT2D eigenvalue weighted by molar-refractivity contribution is -0.170. The fourth-order valence-corrected chi connectivity index (χ4v) is 1.45. The third-order valence-corrected chi connectivity index (χ3v) is 2.55. The molecular formula is C14H17NO8. The van der Waals surface area contributed by atoms with Gasteiger partial charge in [0.1, 0.15) is 0 Å². The van der Waals surface area contributed by atoms with E-state index in [1.165, 1.54) is 0 Å². The number of carbonyl (C=O) groups is 4. The van der Waals surface area contributed by atoms with Crippen molar-refractivity contribution < 1.29 is 39.6 Å². The zero-order valence-electron chi connectivity index (χ0n) is 12.2. The molecule has 1 aromatic carbocycles. The normalized spacial score (nSPS) is 10.0. The van der Waals surface area contributed by atoms with Gasteiger partial charge in [0.2, 0.25) is 0 Å². The van der Waals surface area contributed by atoms with Crippen LogP contribution in [0.25, 0.3) is 0 Å². The number of hydrogen-bond acceptors (Lipinski definition) is 5. The van der Waals surface area contributed by atoms with Gasteiger partial charge in [0.05, 0.1) is 12.8 Å². The van der Waals surface area contributed by atoms with Crippen LogP contribution in [0.2, 0.25) is 0 Å². The molecule has 0 spiro atoms. The molecule has 9 nitrogen and oxygen atoms in total. The molecule has 0 aliphatic rings.